The summed E-state index contributed by atoms with van der Waals surface area (Å²) in [6.07, 6.45) is 0. The van der Waals surface area contributed by atoms with Crippen LogP contribution in [-0.4, -0.2) is 27.9 Å². The molecule has 1 N–H and O–H groups in total. The van der Waals surface area contributed by atoms with E-state index in [1.165, 1.54) is 5.56 Å². The van der Waals surface area contributed by atoms with Crippen molar-refractivity contribution in [1.82, 2.24) is 20.1 Å². The van der Waals surface area contributed by atoms with Gasteiger partial charge in [-0.25, -0.2) is 0 Å². The Bertz CT molecular complexity index is 528. The van der Waals surface area contributed by atoms with Crippen LogP contribution in [0.5, 0.6) is 0 Å². The van der Waals surface area contributed by atoms with Crippen LogP contribution >= 0.6 is 0 Å². The number of benzene rings is 1. The molecular weight excluding hydrogens is 224 g/mol. The highest BCUT2D eigenvalue weighted by Crippen LogP contribution is 2.26. The highest BCUT2D eigenvalue weighted by atomic mass is 15.3. The lowest BCUT2D eigenvalue weighted by atomic mass is 10.0. The molecule has 0 spiro atoms. The Balaban J connectivity index is 1.98. The first-order chi connectivity index (χ1) is 8.77. The van der Waals surface area contributed by atoms with Gasteiger partial charge in [-0.2, -0.15) is 0 Å². The molecule has 2 aromatic rings. The fraction of sp³-hybridized carbons (Fsp3) is 0.429. The number of aromatic nitrogens is 3. The zero-order valence-electron chi connectivity index (χ0n) is 10.8. The van der Waals surface area contributed by atoms with Gasteiger partial charge in [-0.15, -0.1) is 10.2 Å². The van der Waals surface area contributed by atoms with Crippen molar-refractivity contribution < 1.29 is 0 Å². The lowest BCUT2D eigenvalue weighted by Crippen LogP contribution is -2.41. The van der Waals surface area contributed by atoms with Crippen molar-refractivity contribution in [2.75, 3.05) is 13.1 Å². The molecular formula is C14H18N4. The van der Waals surface area contributed by atoms with Gasteiger partial charge in [0.2, 0.25) is 0 Å². The lowest BCUT2D eigenvalue weighted by molar-refractivity contribution is 0.406. The van der Waals surface area contributed by atoms with E-state index >= 15 is 0 Å². The van der Waals surface area contributed by atoms with Crippen LogP contribution in [0.4, 0.5) is 0 Å². The second-order valence-electron chi connectivity index (χ2n) is 4.92. The molecule has 1 aromatic heterocycles. The smallest absolute Gasteiger partial charge is 0.139 e. The van der Waals surface area contributed by atoms with Crippen molar-refractivity contribution in [2.45, 2.75) is 25.8 Å². The molecule has 1 atom stereocenters. The Labute approximate surface area is 107 Å². The van der Waals surface area contributed by atoms with Crippen LogP contribution in [0.15, 0.2) is 30.3 Å². The van der Waals surface area contributed by atoms with Gasteiger partial charge in [0, 0.05) is 19.0 Å². The van der Waals surface area contributed by atoms with Crippen molar-refractivity contribution in [1.29, 1.82) is 0 Å². The Kier molecular flexibility index (Phi) is 2.88. The monoisotopic (exact) mass is 242 g/mol. The van der Waals surface area contributed by atoms with E-state index in [0.29, 0.717) is 5.92 Å². The molecule has 2 heterocycles. The molecule has 3 rings (SSSR count). The van der Waals surface area contributed by atoms with E-state index in [0.717, 1.165) is 24.7 Å². The third-order valence-corrected chi connectivity index (χ3v) is 3.71. The molecule has 1 aliphatic rings. The minimum Gasteiger partial charge on any atom is -0.315 e. The fourth-order valence-electron chi connectivity index (χ4n) is 2.49. The Morgan fingerprint density at radius 1 is 1.22 bits per heavy atom. The average molecular weight is 242 g/mol. The molecule has 1 saturated heterocycles. The summed E-state index contributed by atoms with van der Waals surface area (Å²) in [5.74, 6) is 2.62. The molecule has 4 nitrogen and oxygen atoms in total. The maximum atomic E-state index is 4.36. The Morgan fingerprint density at radius 2 is 1.94 bits per heavy atom. The molecule has 94 valence electrons. The largest absolute Gasteiger partial charge is 0.315 e. The van der Waals surface area contributed by atoms with E-state index < -0.39 is 0 Å². The lowest BCUT2D eigenvalue weighted by Gasteiger charge is -2.28. The maximum Gasteiger partial charge on any atom is 0.139 e. The third-order valence-electron chi connectivity index (χ3n) is 3.71. The first kappa shape index (κ1) is 11.4. The number of rotatable bonds is 3. The summed E-state index contributed by atoms with van der Waals surface area (Å²) < 4.78 is 2.26. The Hall–Kier alpha value is -1.68. The number of nitrogens with one attached hydrogen (secondary N) is 1. The van der Waals surface area contributed by atoms with Gasteiger partial charge in [0.15, 0.2) is 0 Å². The van der Waals surface area contributed by atoms with E-state index in [9.17, 15) is 0 Å². The van der Waals surface area contributed by atoms with E-state index in [1.54, 1.807) is 0 Å². The van der Waals surface area contributed by atoms with Gasteiger partial charge in [0.25, 0.3) is 0 Å². The molecule has 18 heavy (non-hydrogen) atoms. The molecule has 1 fully saturated rings. The SMILES string of the molecule is Cc1nnc(C2CNC2)n1C(C)c1ccccc1. The van der Waals surface area contributed by atoms with Crippen molar-refractivity contribution in [2.24, 2.45) is 0 Å². The third kappa shape index (κ3) is 1.82. The molecule has 0 radical (unpaired) electrons. The van der Waals surface area contributed by atoms with Crippen molar-refractivity contribution in [3.8, 4) is 0 Å². The molecule has 0 bridgehead atoms. The normalized spacial score (nSPS) is 17.4. The van der Waals surface area contributed by atoms with Gasteiger partial charge in [0.1, 0.15) is 11.6 Å². The highest BCUT2D eigenvalue weighted by molar-refractivity contribution is 5.21. The maximum absolute atomic E-state index is 4.36. The topological polar surface area (TPSA) is 42.7 Å². The van der Waals surface area contributed by atoms with Crippen LogP contribution in [0.3, 0.4) is 0 Å². The molecule has 0 aliphatic carbocycles. The zero-order valence-corrected chi connectivity index (χ0v) is 10.8. The van der Waals surface area contributed by atoms with Crippen LogP contribution < -0.4 is 5.32 Å². The van der Waals surface area contributed by atoms with Crippen LogP contribution in [0, 0.1) is 6.92 Å². The second-order valence-corrected chi connectivity index (χ2v) is 4.92. The molecule has 4 heteroatoms. The quantitative estimate of drug-likeness (QED) is 0.893. The minimum atomic E-state index is 0.289. The standard InChI is InChI=1S/C14H18N4/c1-10(12-6-4-3-5-7-12)18-11(2)16-17-14(18)13-8-15-9-13/h3-7,10,13,15H,8-9H2,1-2H3. The summed E-state index contributed by atoms with van der Waals surface area (Å²) in [6.45, 7) is 6.27. The molecule has 1 aliphatic heterocycles. The van der Waals surface area contributed by atoms with E-state index in [1.807, 2.05) is 13.0 Å². The van der Waals surface area contributed by atoms with Gasteiger partial charge < -0.3 is 9.88 Å². The molecule has 1 aromatic carbocycles. The molecule has 1 unspecified atom stereocenters. The number of aryl methyl sites for hydroxylation is 1. The Morgan fingerprint density at radius 3 is 2.56 bits per heavy atom. The summed E-state index contributed by atoms with van der Waals surface area (Å²) in [5, 5.41) is 11.9. The molecule has 0 saturated carbocycles. The number of hydrogen-bond acceptors (Lipinski definition) is 3. The van der Waals surface area contributed by atoms with Crippen molar-refractivity contribution in [3.63, 3.8) is 0 Å². The van der Waals surface area contributed by atoms with Gasteiger partial charge in [0.05, 0.1) is 6.04 Å². The number of nitrogens with zero attached hydrogens (tertiary/aromatic N) is 3. The van der Waals surface area contributed by atoms with E-state index in [2.05, 4.69) is 51.3 Å². The predicted octanol–water partition coefficient (Wildman–Crippen LogP) is 1.88. The number of hydrogen-bond donors (Lipinski definition) is 1. The molecule has 0 amide bonds. The summed E-state index contributed by atoms with van der Waals surface area (Å²) in [5.41, 5.74) is 1.30. The summed E-state index contributed by atoms with van der Waals surface area (Å²) in [7, 11) is 0. The fourth-order valence-corrected chi connectivity index (χ4v) is 2.49. The van der Waals surface area contributed by atoms with Gasteiger partial charge in [-0.1, -0.05) is 30.3 Å². The van der Waals surface area contributed by atoms with Gasteiger partial charge in [-0.05, 0) is 19.4 Å². The first-order valence-electron chi connectivity index (χ1n) is 6.44. The van der Waals surface area contributed by atoms with E-state index in [-0.39, 0.29) is 6.04 Å². The highest BCUT2D eigenvalue weighted by Gasteiger charge is 2.27. The predicted molar refractivity (Wildman–Crippen MR) is 70.6 cm³/mol. The summed E-state index contributed by atoms with van der Waals surface area (Å²) in [6, 6.07) is 10.8. The van der Waals surface area contributed by atoms with Crippen LogP contribution in [-0.2, 0) is 0 Å². The zero-order chi connectivity index (χ0) is 12.5. The average Bonchev–Trinajstić information content (AvgIpc) is 2.69. The van der Waals surface area contributed by atoms with Crippen molar-refractivity contribution in [3.05, 3.63) is 47.5 Å². The second kappa shape index (κ2) is 4.53. The minimum absolute atomic E-state index is 0.289. The van der Waals surface area contributed by atoms with Crippen molar-refractivity contribution >= 4 is 0 Å². The van der Waals surface area contributed by atoms with Gasteiger partial charge >= 0.3 is 0 Å². The summed E-state index contributed by atoms with van der Waals surface area (Å²) in [4.78, 5) is 0. The van der Waals surface area contributed by atoms with Crippen LogP contribution in [0.25, 0.3) is 0 Å². The van der Waals surface area contributed by atoms with Crippen LogP contribution in [0.1, 0.15) is 36.1 Å². The summed E-state index contributed by atoms with van der Waals surface area (Å²) >= 11 is 0. The van der Waals surface area contributed by atoms with E-state index in [4.69, 9.17) is 0 Å². The van der Waals surface area contributed by atoms with Gasteiger partial charge in [-0.3, -0.25) is 0 Å². The van der Waals surface area contributed by atoms with Crippen LogP contribution in [0.2, 0.25) is 0 Å². The first-order valence-corrected chi connectivity index (χ1v) is 6.44.